The molecule has 2 unspecified atom stereocenters. The van der Waals surface area contributed by atoms with Crippen LogP contribution in [0.2, 0.25) is 0 Å². The molecule has 4 N–H and O–H groups in total. The van der Waals surface area contributed by atoms with Gasteiger partial charge in [0.25, 0.3) is 0 Å². The molecule has 4 heteroatoms. The first-order chi connectivity index (χ1) is 5.11. The fourth-order valence-electron chi connectivity index (χ4n) is 1.35. The quantitative estimate of drug-likeness (QED) is 0.546. The van der Waals surface area contributed by atoms with E-state index in [4.69, 9.17) is 11.5 Å². The maximum atomic E-state index is 10.7. The summed E-state index contributed by atoms with van der Waals surface area (Å²) in [5.41, 5.74) is 10.7. The number of primary amides is 1. The lowest BCUT2D eigenvalue weighted by Gasteiger charge is -2.39. The van der Waals surface area contributed by atoms with Gasteiger partial charge in [0, 0.05) is 19.1 Å². The van der Waals surface area contributed by atoms with E-state index in [0.717, 1.165) is 19.5 Å². The topological polar surface area (TPSA) is 72.3 Å². The van der Waals surface area contributed by atoms with Crippen molar-refractivity contribution < 1.29 is 4.79 Å². The van der Waals surface area contributed by atoms with Crippen LogP contribution in [0.1, 0.15) is 13.3 Å². The molecule has 0 saturated carbocycles. The molecule has 1 rings (SSSR count). The number of hydrogen-bond donors (Lipinski definition) is 2. The lowest BCUT2D eigenvalue weighted by Crippen LogP contribution is -2.57. The second-order valence-electron chi connectivity index (χ2n) is 3.18. The van der Waals surface area contributed by atoms with Crippen LogP contribution in [0.3, 0.4) is 0 Å². The van der Waals surface area contributed by atoms with Gasteiger partial charge in [0.1, 0.15) is 0 Å². The number of nitrogens with two attached hydrogens (primary N) is 2. The smallest absolute Gasteiger partial charge is 0.234 e. The SMILES string of the molecule is CC(N)CN1CCC1C(N)=O. The Morgan fingerprint density at radius 3 is 2.73 bits per heavy atom. The zero-order chi connectivity index (χ0) is 8.43. The third kappa shape index (κ3) is 1.91. The van der Waals surface area contributed by atoms with Crippen LogP contribution in [0.5, 0.6) is 0 Å². The van der Waals surface area contributed by atoms with E-state index < -0.39 is 0 Å². The highest BCUT2D eigenvalue weighted by Crippen LogP contribution is 2.16. The summed E-state index contributed by atoms with van der Waals surface area (Å²) >= 11 is 0. The Labute approximate surface area is 66.5 Å². The van der Waals surface area contributed by atoms with Crippen LogP contribution in [0, 0.1) is 0 Å². The summed E-state index contributed by atoms with van der Waals surface area (Å²) in [5, 5.41) is 0. The minimum absolute atomic E-state index is 0.0546. The fourth-order valence-corrected chi connectivity index (χ4v) is 1.35. The van der Waals surface area contributed by atoms with Gasteiger partial charge in [-0.2, -0.15) is 0 Å². The first kappa shape index (κ1) is 8.49. The number of hydrogen-bond acceptors (Lipinski definition) is 3. The molecule has 11 heavy (non-hydrogen) atoms. The maximum Gasteiger partial charge on any atom is 0.234 e. The molecule has 0 aliphatic carbocycles. The number of amides is 1. The van der Waals surface area contributed by atoms with Gasteiger partial charge in [-0.3, -0.25) is 9.69 Å². The van der Waals surface area contributed by atoms with Crippen molar-refractivity contribution in [1.82, 2.24) is 4.90 Å². The van der Waals surface area contributed by atoms with Gasteiger partial charge < -0.3 is 11.5 Å². The highest BCUT2D eigenvalue weighted by Gasteiger charge is 2.32. The Morgan fingerprint density at radius 2 is 2.45 bits per heavy atom. The van der Waals surface area contributed by atoms with Gasteiger partial charge in [-0.15, -0.1) is 0 Å². The van der Waals surface area contributed by atoms with Crippen LogP contribution in [-0.2, 0) is 4.79 Å². The van der Waals surface area contributed by atoms with Crippen molar-refractivity contribution in [2.75, 3.05) is 13.1 Å². The number of likely N-dealkylation sites (tertiary alicyclic amines) is 1. The zero-order valence-electron chi connectivity index (χ0n) is 6.79. The first-order valence-corrected chi connectivity index (χ1v) is 3.90. The Balaban J connectivity index is 2.31. The molecule has 1 aliphatic heterocycles. The molecule has 4 nitrogen and oxygen atoms in total. The molecule has 1 heterocycles. The highest BCUT2D eigenvalue weighted by molar-refractivity contribution is 5.80. The second-order valence-corrected chi connectivity index (χ2v) is 3.18. The molecule has 64 valence electrons. The summed E-state index contributed by atoms with van der Waals surface area (Å²) in [6.45, 7) is 3.65. The van der Waals surface area contributed by atoms with Crippen molar-refractivity contribution in [2.24, 2.45) is 11.5 Å². The minimum atomic E-state index is -0.225. The van der Waals surface area contributed by atoms with E-state index in [0.29, 0.717) is 0 Å². The Bertz CT molecular complexity index is 158. The van der Waals surface area contributed by atoms with E-state index >= 15 is 0 Å². The first-order valence-electron chi connectivity index (χ1n) is 3.90. The monoisotopic (exact) mass is 157 g/mol. The molecule has 1 aliphatic rings. The van der Waals surface area contributed by atoms with Crippen LogP contribution in [0.25, 0.3) is 0 Å². The lowest BCUT2D eigenvalue weighted by atomic mass is 10.0. The fraction of sp³-hybridized carbons (Fsp3) is 0.857. The summed E-state index contributed by atoms with van der Waals surface area (Å²) in [4.78, 5) is 12.7. The summed E-state index contributed by atoms with van der Waals surface area (Å²) in [6, 6.07) is 0.0677. The van der Waals surface area contributed by atoms with Crippen molar-refractivity contribution in [2.45, 2.75) is 25.4 Å². The van der Waals surface area contributed by atoms with Crippen LogP contribution in [0.15, 0.2) is 0 Å². The lowest BCUT2D eigenvalue weighted by molar-refractivity contribution is -0.127. The zero-order valence-corrected chi connectivity index (χ0v) is 6.79. The Kier molecular flexibility index (Phi) is 2.46. The van der Waals surface area contributed by atoms with E-state index in [9.17, 15) is 4.79 Å². The molecule has 0 spiro atoms. The van der Waals surface area contributed by atoms with Gasteiger partial charge in [0.2, 0.25) is 5.91 Å². The molecular formula is C7H15N3O. The molecule has 1 saturated heterocycles. The van der Waals surface area contributed by atoms with Gasteiger partial charge in [0.15, 0.2) is 0 Å². The van der Waals surface area contributed by atoms with Crippen molar-refractivity contribution in [1.29, 1.82) is 0 Å². The molecule has 0 bridgehead atoms. The molecule has 1 fully saturated rings. The van der Waals surface area contributed by atoms with Crippen molar-refractivity contribution in [3.63, 3.8) is 0 Å². The standard InChI is InChI=1S/C7H15N3O/c1-5(8)4-10-3-2-6(10)7(9)11/h5-6H,2-4,8H2,1H3,(H2,9,11). The van der Waals surface area contributed by atoms with Gasteiger partial charge in [-0.05, 0) is 13.3 Å². The van der Waals surface area contributed by atoms with Gasteiger partial charge in [-0.25, -0.2) is 0 Å². The molecule has 0 aromatic heterocycles. The largest absolute Gasteiger partial charge is 0.368 e. The molecular weight excluding hydrogens is 142 g/mol. The Hall–Kier alpha value is -0.610. The van der Waals surface area contributed by atoms with Gasteiger partial charge in [0.05, 0.1) is 6.04 Å². The molecule has 0 aromatic rings. The van der Waals surface area contributed by atoms with Crippen LogP contribution in [0.4, 0.5) is 0 Å². The third-order valence-electron chi connectivity index (χ3n) is 1.98. The number of rotatable bonds is 3. The molecule has 1 amide bonds. The normalized spacial score (nSPS) is 27.6. The molecule has 0 aromatic carbocycles. The summed E-state index contributed by atoms with van der Waals surface area (Å²) in [7, 11) is 0. The highest BCUT2D eigenvalue weighted by atomic mass is 16.1. The predicted octanol–water partition coefficient (Wildman–Crippen LogP) is -1.11. The molecule has 2 atom stereocenters. The second kappa shape index (κ2) is 3.19. The Morgan fingerprint density at radius 1 is 1.82 bits per heavy atom. The maximum absolute atomic E-state index is 10.7. The van der Waals surface area contributed by atoms with Gasteiger partial charge >= 0.3 is 0 Å². The average Bonchev–Trinajstić information content (AvgIpc) is 1.78. The summed E-state index contributed by atoms with van der Waals surface area (Å²) in [6.07, 6.45) is 0.891. The van der Waals surface area contributed by atoms with E-state index in [1.165, 1.54) is 0 Å². The van der Waals surface area contributed by atoms with Crippen LogP contribution < -0.4 is 11.5 Å². The predicted molar refractivity (Wildman–Crippen MR) is 42.8 cm³/mol. The number of nitrogens with zero attached hydrogens (tertiary/aromatic N) is 1. The van der Waals surface area contributed by atoms with E-state index in [1.54, 1.807) is 0 Å². The minimum Gasteiger partial charge on any atom is -0.368 e. The summed E-state index contributed by atoms with van der Waals surface area (Å²) < 4.78 is 0. The van der Waals surface area contributed by atoms with Crippen molar-refractivity contribution in [3.8, 4) is 0 Å². The third-order valence-corrected chi connectivity index (χ3v) is 1.98. The number of carbonyl (C=O) groups is 1. The van der Waals surface area contributed by atoms with E-state index in [2.05, 4.69) is 0 Å². The van der Waals surface area contributed by atoms with Crippen LogP contribution in [-0.4, -0.2) is 36.0 Å². The average molecular weight is 157 g/mol. The van der Waals surface area contributed by atoms with E-state index in [-0.39, 0.29) is 18.0 Å². The summed E-state index contributed by atoms with van der Waals surface area (Å²) in [5.74, 6) is -0.225. The van der Waals surface area contributed by atoms with E-state index in [1.807, 2.05) is 11.8 Å². The van der Waals surface area contributed by atoms with Crippen LogP contribution >= 0.6 is 0 Å². The number of carbonyl (C=O) groups excluding carboxylic acids is 1. The van der Waals surface area contributed by atoms with Crippen molar-refractivity contribution in [3.05, 3.63) is 0 Å². The van der Waals surface area contributed by atoms with Crippen molar-refractivity contribution >= 4 is 5.91 Å². The molecule has 0 radical (unpaired) electrons. The van der Waals surface area contributed by atoms with Gasteiger partial charge in [-0.1, -0.05) is 0 Å².